The highest BCUT2D eigenvalue weighted by Crippen LogP contribution is 2.19. The molecule has 4 aromatic rings. The molecule has 0 saturated carbocycles. The minimum atomic E-state index is -0.265. The Bertz CT molecular complexity index is 1380. The highest BCUT2D eigenvalue weighted by Gasteiger charge is 2.14. The lowest BCUT2D eigenvalue weighted by atomic mass is 10.1. The maximum Gasteiger partial charge on any atom is 0.329 e. The molecule has 0 aliphatic heterocycles. The van der Waals surface area contributed by atoms with E-state index in [0.29, 0.717) is 34.6 Å². The lowest BCUT2D eigenvalue weighted by Gasteiger charge is -2.09. The summed E-state index contributed by atoms with van der Waals surface area (Å²) in [5.74, 6) is -0.475. The van der Waals surface area contributed by atoms with Crippen molar-refractivity contribution in [2.75, 3.05) is 18.1 Å². The van der Waals surface area contributed by atoms with Crippen LogP contribution in [-0.4, -0.2) is 28.0 Å². The van der Waals surface area contributed by atoms with E-state index in [1.165, 1.54) is 4.57 Å². The van der Waals surface area contributed by atoms with Gasteiger partial charge in [-0.3, -0.25) is 18.7 Å². The smallest absolute Gasteiger partial charge is 0.329 e. The van der Waals surface area contributed by atoms with Crippen molar-refractivity contribution in [2.45, 2.75) is 6.54 Å². The molecule has 4 rings (SSSR count). The first-order chi connectivity index (χ1) is 15.4. The Labute approximate surface area is 184 Å². The zero-order chi connectivity index (χ0) is 22.8. The number of benzene rings is 3. The van der Waals surface area contributed by atoms with Crippen LogP contribution in [0.5, 0.6) is 0 Å². The van der Waals surface area contributed by atoms with Gasteiger partial charge in [0.15, 0.2) is 0 Å². The van der Waals surface area contributed by atoms with Crippen LogP contribution in [-0.2, 0) is 13.6 Å². The van der Waals surface area contributed by atoms with E-state index in [-0.39, 0.29) is 17.5 Å². The molecule has 0 atom stereocenters. The fraction of sp³-hybridized carbons (Fsp3) is 0.125. The number of imidazole rings is 1. The Kier molecular flexibility index (Phi) is 5.51. The van der Waals surface area contributed by atoms with Gasteiger partial charge < -0.3 is 16.4 Å². The number of carbonyl (C=O) groups excluding carboxylic acids is 2. The number of anilines is 2. The topological polar surface area (TPSA) is 111 Å². The van der Waals surface area contributed by atoms with Crippen molar-refractivity contribution in [1.82, 2.24) is 14.5 Å². The number of fused-ring (bicyclic) bond motifs is 1. The van der Waals surface area contributed by atoms with Gasteiger partial charge in [-0.25, -0.2) is 4.79 Å². The predicted octanol–water partition coefficient (Wildman–Crippen LogP) is 2.58. The monoisotopic (exact) mass is 429 g/mol. The van der Waals surface area contributed by atoms with Crippen LogP contribution in [0.4, 0.5) is 11.4 Å². The first kappa shape index (κ1) is 20.9. The van der Waals surface area contributed by atoms with Gasteiger partial charge >= 0.3 is 5.69 Å². The van der Waals surface area contributed by atoms with Crippen LogP contribution >= 0.6 is 0 Å². The van der Waals surface area contributed by atoms with E-state index in [1.807, 2.05) is 12.1 Å². The van der Waals surface area contributed by atoms with Gasteiger partial charge in [0.05, 0.1) is 29.0 Å². The second kappa shape index (κ2) is 8.43. The number of aromatic nitrogens is 2. The van der Waals surface area contributed by atoms with Crippen molar-refractivity contribution in [3.8, 4) is 0 Å². The Morgan fingerprint density at radius 1 is 0.906 bits per heavy atom. The van der Waals surface area contributed by atoms with Gasteiger partial charge in [0.2, 0.25) is 0 Å². The van der Waals surface area contributed by atoms with E-state index in [0.717, 1.165) is 11.1 Å². The summed E-state index contributed by atoms with van der Waals surface area (Å²) in [6.07, 6.45) is 0. The van der Waals surface area contributed by atoms with E-state index >= 15 is 0 Å². The highest BCUT2D eigenvalue weighted by atomic mass is 16.2. The van der Waals surface area contributed by atoms with Crippen molar-refractivity contribution in [2.24, 2.45) is 7.05 Å². The summed E-state index contributed by atoms with van der Waals surface area (Å²) in [7, 11) is 3.24. The standard InChI is InChI=1S/C24H23N5O3/c1-26-22(30)17-11-12-20-21(13-17)28(2)24(32)29(20)14-15-7-9-16(10-8-15)23(31)27-19-6-4-3-5-18(19)25/h3-13H,14,25H2,1-2H3,(H,26,30)(H,27,31). The van der Waals surface area contributed by atoms with Gasteiger partial charge in [0.1, 0.15) is 0 Å². The molecule has 0 spiro atoms. The van der Waals surface area contributed by atoms with Crippen LogP contribution in [0.2, 0.25) is 0 Å². The first-order valence-electron chi connectivity index (χ1n) is 10.0. The van der Waals surface area contributed by atoms with Crippen molar-refractivity contribution in [1.29, 1.82) is 0 Å². The summed E-state index contributed by atoms with van der Waals surface area (Å²) in [6, 6.07) is 19.3. The molecule has 8 heteroatoms. The molecule has 0 aliphatic carbocycles. The number of nitrogens with one attached hydrogen (secondary N) is 2. The minimum absolute atomic E-state index is 0.185. The average Bonchev–Trinajstić information content (AvgIpc) is 3.04. The fourth-order valence-corrected chi connectivity index (χ4v) is 3.60. The van der Waals surface area contributed by atoms with Crippen molar-refractivity contribution in [3.05, 3.63) is 93.9 Å². The molecular weight excluding hydrogens is 406 g/mol. The molecule has 1 heterocycles. The van der Waals surface area contributed by atoms with E-state index in [1.54, 1.807) is 73.3 Å². The molecule has 0 bridgehead atoms. The van der Waals surface area contributed by atoms with E-state index in [4.69, 9.17) is 5.73 Å². The third-order valence-corrected chi connectivity index (χ3v) is 5.40. The number of amides is 2. The van der Waals surface area contributed by atoms with Crippen LogP contribution in [0.15, 0.2) is 71.5 Å². The fourth-order valence-electron chi connectivity index (χ4n) is 3.60. The molecule has 0 radical (unpaired) electrons. The second-order valence-electron chi connectivity index (χ2n) is 7.45. The van der Waals surface area contributed by atoms with E-state index in [2.05, 4.69) is 10.6 Å². The molecule has 1 aromatic heterocycles. The van der Waals surface area contributed by atoms with Gasteiger partial charge in [-0.2, -0.15) is 0 Å². The number of rotatable bonds is 5. The Balaban J connectivity index is 1.58. The SMILES string of the molecule is CNC(=O)c1ccc2c(c1)n(C)c(=O)n2Cc1ccc(C(=O)Nc2ccccc2N)cc1. The summed E-state index contributed by atoms with van der Waals surface area (Å²) >= 11 is 0. The van der Waals surface area contributed by atoms with E-state index < -0.39 is 0 Å². The van der Waals surface area contributed by atoms with Gasteiger partial charge in [-0.15, -0.1) is 0 Å². The molecule has 8 nitrogen and oxygen atoms in total. The maximum atomic E-state index is 12.8. The summed E-state index contributed by atoms with van der Waals surface area (Å²) in [5, 5.41) is 5.38. The molecule has 0 unspecified atom stereocenters. The van der Waals surface area contributed by atoms with E-state index in [9.17, 15) is 14.4 Å². The summed E-state index contributed by atoms with van der Waals surface area (Å²) < 4.78 is 3.16. The number of carbonyl (C=O) groups is 2. The van der Waals surface area contributed by atoms with Gasteiger partial charge in [0, 0.05) is 25.2 Å². The predicted molar refractivity (Wildman–Crippen MR) is 125 cm³/mol. The third kappa shape index (κ3) is 3.85. The first-order valence-corrected chi connectivity index (χ1v) is 10.0. The minimum Gasteiger partial charge on any atom is -0.397 e. The molecule has 2 amide bonds. The molecule has 3 aromatic carbocycles. The zero-order valence-corrected chi connectivity index (χ0v) is 17.8. The van der Waals surface area contributed by atoms with Crippen LogP contribution in [0.1, 0.15) is 26.3 Å². The molecule has 0 fully saturated rings. The number of aryl methyl sites for hydroxylation is 1. The molecule has 0 saturated heterocycles. The number of hydrogen-bond donors (Lipinski definition) is 3. The van der Waals surface area contributed by atoms with Crippen LogP contribution < -0.4 is 22.1 Å². The molecule has 162 valence electrons. The molecular formula is C24H23N5O3. The number of hydrogen-bond acceptors (Lipinski definition) is 4. The normalized spacial score (nSPS) is 10.8. The van der Waals surface area contributed by atoms with Crippen LogP contribution in [0.25, 0.3) is 11.0 Å². The van der Waals surface area contributed by atoms with Crippen molar-refractivity contribution in [3.63, 3.8) is 0 Å². The Hall–Kier alpha value is -4.33. The Morgan fingerprint density at radius 3 is 2.28 bits per heavy atom. The number of nitrogens with two attached hydrogens (primary N) is 1. The summed E-state index contributed by atoms with van der Waals surface area (Å²) in [4.78, 5) is 37.3. The van der Waals surface area contributed by atoms with Gasteiger partial charge in [0.25, 0.3) is 11.8 Å². The largest absolute Gasteiger partial charge is 0.397 e. The molecule has 4 N–H and O–H groups in total. The summed E-state index contributed by atoms with van der Waals surface area (Å²) in [6.45, 7) is 0.336. The zero-order valence-electron chi connectivity index (χ0n) is 17.8. The lowest BCUT2D eigenvalue weighted by molar-refractivity contribution is 0.0962. The summed E-state index contributed by atoms with van der Waals surface area (Å²) in [5.41, 5.74) is 9.99. The molecule has 32 heavy (non-hydrogen) atoms. The van der Waals surface area contributed by atoms with Crippen molar-refractivity contribution < 1.29 is 9.59 Å². The quantitative estimate of drug-likeness (QED) is 0.424. The average molecular weight is 429 g/mol. The van der Waals surface area contributed by atoms with Crippen LogP contribution in [0.3, 0.4) is 0 Å². The number of nitrogen functional groups attached to an aromatic ring is 1. The Morgan fingerprint density at radius 2 is 1.59 bits per heavy atom. The highest BCUT2D eigenvalue weighted by molar-refractivity contribution is 6.05. The van der Waals surface area contributed by atoms with Crippen molar-refractivity contribution >= 4 is 34.2 Å². The van der Waals surface area contributed by atoms with Crippen LogP contribution in [0, 0.1) is 0 Å². The van der Waals surface area contributed by atoms with Gasteiger partial charge in [-0.05, 0) is 48.0 Å². The lowest BCUT2D eigenvalue weighted by Crippen LogP contribution is -2.22. The second-order valence-corrected chi connectivity index (χ2v) is 7.45. The number of nitrogens with zero attached hydrogens (tertiary/aromatic N) is 2. The van der Waals surface area contributed by atoms with Gasteiger partial charge in [-0.1, -0.05) is 24.3 Å². The third-order valence-electron chi connectivity index (χ3n) is 5.40. The molecule has 0 aliphatic rings. The maximum absolute atomic E-state index is 12.8. The number of para-hydroxylation sites is 2.